The van der Waals surface area contributed by atoms with E-state index in [-0.39, 0.29) is 12.1 Å². The minimum Gasteiger partial charge on any atom is -0.480 e. The largest absolute Gasteiger partial charge is 0.480 e. The molecule has 0 aromatic rings. The summed E-state index contributed by atoms with van der Waals surface area (Å²) in [5.74, 6) is -0.932. The SMILES string of the molecule is NC1CCCN(C(=O)NC2(C(=O)O)CCC2)C1. The molecule has 2 rings (SSSR count). The number of urea groups is 1. The number of hydrogen-bond donors (Lipinski definition) is 3. The number of carboxylic acid groups (broad SMARTS) is 1. The standard InChI is InChI=1S/C11H19N3O3/c12-8-3-1-6-14(7-8)10(17)13-11(9(15)16)4-2-5-11/h8H,1-7,12H2,(H,13,17)(H,15,16). The van der Waals surface area contributed by atoms with E-state index in [0.717, 1.165) is 19.3 Å². The Hall–Kier alpha value is -1.30. The molecule has 0 aromatic heterocycles. The smallest absolute Gasteiger partial charge is 0.329 e. The van der Waals surface area contributed by atoms with E-state index in [1.54, 1.807) is 4.90 Å². The zero-order chi connectivity index (χ0) is 12.5. The van der Waals surface area contributed by atoms with Crippen molar-refractivity contribution in [2.45, 2.75) is 43.7 Å². The molecule has 1 heterocycles. The van der Waals surface area contributed by atoms with Gasteiger partial charge in [-0.1, -0.05) is 0 Å². The van der Waals surface area contributed by atoms with Crippen LogP contribution in [0.4, 0.5) is 4.79 Å². The summed E-state index contributed by atoms with van der Waals surface area (Å²) in [7, 11) is 0. The van der Waals surface area contributed by atoms with Gasteiger partial charge in [0.2, 0.25) is 0 Å². The molecule has 17 heavy (non-hydrogen) atoms. The van der Waals surface area contributed by atoms with Crippen molar-refractivity contribution in [3.63, 3.8) is 0 Å². The third-order valence-corrected chi connectivity index (χ3v) is 3.71. The highest BCUT2D eigenvalue weighted by atomic mass is 16.4. The van der Waals surface area contributed by atoms with Crippen LogP contribution in [0.1, 0.15) is 32.1 Å². The number of carbonyl (C=O) groups excluding carboxylic acids is 1. The van der Waals surface area contributed by atoms with Crippen molar-refractivity contribution in [2.24, 2.45) is 5.73 Å². The molecule has 1 atom stereocenters. The summed E-state index contributed by atoms with van der Waals surface area (Å²) in [5.41, 5.74) is 4.77. The topological polar surface area (TPSA) is 95.7 Å². The summed E-state index contributed by atoms with van der Waals surface area (Å²) in [6, 6.07) is -0.279. The van der Waals surface area contributed by atoms with E-state index < -0.39 is 11.5 Å². The average Bonchev–Trinajstić information content (AvgIpc) is 2.22. The number of carboxylic acids is 1. The molecular formula is C11H19N3O3. The van der Waals surface area contributed by atoms with Crippen LogP contribution in [0, 0.1) is 0 Å². The fraction of sp³-hybridized carbons (Fsp3) is 0.818. The van der Waals surface area contributed by atoms with Crippen LogP contribution in [0.5, 0.6) is 0 Å². The number of amides is 2. The van der Waals surface area contributed by atoms with Crippen molar-refractivity contribution in [2.75, 3.05) is 13.1 Å². The van der Waals surface area contributed by atoms with E-state index in [4.69, 9.17) is 10.8 Å². The second-order valence-electron chi connectivity index (χ2n) is 5.02. The lowest BCUT2D eigenvalue weighted by Crippen LogP contribution is -2.63. The Labute approximate surface area is 100 Å². The van der Waals surface area contributed by atoms with Crippen molar-refractivity contribution in [1.29, 1.82) is 0 Å². The maximum absolute atomic E-state index is 12.0. The van der Waals surface area contributed by atoms with Gasteiger partial charge in [-0.15, -0.1) is 0 Å². The molecule has 6 nitrogen and oxygen atoms in total. The van der Waals surface area contributed by atoms with Gasteiger partial charge in [0.1, 0.15) is 5.54 Å². The number of nitrogens with zero attached hydrogens (tertiary/aromatic N) is 1. The van der Waals surface area contributed by atoms with E-state index in [1.165, 1.54) is 0 Å². The normalized spacial score (nSPS) is 27.1. The summed E-state index contributed by atoms with van der Waals surface area (Å²) in [5, 5.41) is 11.8. The second-order valence-corrected chi connectivity index (χ2v) is 5.02. The van der Waals surface area contributed by atoms with Crippen molar-refractivity contribution in [3.8, 4) is 0 Å². The van der Waals surface area contributed by atoms with Gasteiger partial charge in [0.25, 0.3) is 0 Å². The lowest BCUT2D eigenvalue weighted by molar-refractivity contribution is -0.148. The number of nitrogens with two attached hydrogens (primary N) is 1. The van der Waals surface area contributed by atoms with Crippen LogP contribution < -0.4 is 11.1 Å². The van der Waals surface area contributed by atoms with Gasteiger partial charge in [-0.25, -0.2) is 9.59 Å². The molecule has 0 radical (unpaired) electrons. The fourth-order valence-corrected chi connectivity index (χ4v) is 2.40. The highest BCUT2D eigenvalue weighted by Crippen LogP contribution is 2.32. The lowest BCUT2D eigenvalue weighted by atomic mass is 9.77. The van der Waals surface area contributed by atoms with Crippen LogP contribution in [0.2, 0.25) is 0 Å². The maximum Gasteiger partial charge on any atom is 0.329 e. The van der Waals surface area contributed by atoms with Gasteiger partial charge in [0, 0.05) is 19.1 Å². The van der Waals surface area contributed by atoms with Crippen LogP contribution in [-0.4, -0.2) is 46.7 Å². The number of rotatable bonds is 2. The first-order valence-electron chi connectivity index (χ1n) is 6.09. The molecule has 0 spiro atoms. The third kappa shape index (κ3) is 2.36. The Kier molecular flexibility index (Phi) is 3.24. The first-order chi connectivity index (χ1) is 8.03. The maximum atomic E-state index is 12.0. The second kappa shape index (κ2) is 4.52. The molecule has 0 bridgehead atoms. The van der Waals surface area contributed by atoms with Gasteiger partial charge in [-0.05, 0) is 32.1 Å². The molecule has 1 saturated carbocycles. The van der Waals surface area contributed by atoms with E-state index in [0.29, 0.717) is 25.9 Å². The van der Waals surface area contributed by atoms with Gasteiger partial charge >= 0.3 is 12.0 Å². The summed E-state index contributed by atoms with van der Waals surface area (Å²) in [6.45, 7) is 1.18. The minimum absolute atomic E-state index is 0.0108. The quantitative estimate of drug-likeness (QED) is 0.640. The van der Waals surface area contributed by atoms with Crippen LogP contribution in [0.3, 0.4) is 0 Å². The molecule has 2 amide bonds. The van der Waals surface area contributed by atoms with E-state index in [2.05, 4.69) is 5.32 Å². The Morgan fingerprint density at radius 2 is 2.06 bits per heavy atom. The van der Waals surface area contributed by atoms with Gasteiger partial charge in [0.05, 0.1) is 0 Å². The third-order valence-electron chi connectivity index (χ3n) is 3.71. The van der Waals surface area contributed by atoms with E-state index in [1.807, 2.05) is 0 Å². The highest BCUT2D eigenvalue weighted by Gasteiger charge is 2.46. The van der Waals surface area contributed by atoms with Gasteiger partial charge < -0.3 is 21.1 Å². The Morgan fingerprint density at radius 1 is 1.35 bits per heavy atom. The Balaban J connectivity index is 1.94. The van der Waals surface area contributed by atoms with Crippen LogP contribution >= 0.6 is 0 Å². The predicted molar refractivity (Wildman–Crippen MR) is 61.5 cm³/mol. The molecule has 1 aliphatic carbocycles. The molecule has 1 aliphatic heterocycles. The zero-order valence-corrected chi connectivity index (χ0v) is 9.82. The summed E-state index contributed by atoms with van der Waals surface area (Å²) in [6.07, 6.45) is 3.70. The molecule has 2 fully saturated rings. The van der Waals surface area contributed by atoms with Crippen LogP contribution in [0.25, 0.3) is 0 Å². The average molecular weight is 241 g/mol. The molecule has 96 valence electrons. The Morgan fingerprint density at radius 3 is 2.53 bits per heavy atom. The van der Waals surface area contributed by atoms with Crippen molar-refractivity contribution in [1.82, 2.24) is 10.2 Å². The monoisotopic (exact) mass is 241 g/mol. The van der Waals surface area contributed by atoms with Crippen LogP contribution in [0.15, 0.2) is 0 Å². The summed E-state index contributed by atoms with van der Waals surface area (Å²) < 4.78 is 0. The Bertz CT molecular complexity index is 328. The molecular weight excluding hydrogens is 222 g/mol. The predicted octanol–water partition coefficient (Wildman–Crippen LogP) is 0.126. The first-order valence-corrected chi connectivity index (χ1v) is 6.09. The van der Waals surface area contributed by atoms with Crippen molar-refractivity contribution in [3.05, 3.63) is 0 Å². The molecule has 6 heteroatoms. The van der Waals surface area contributed by atoms with Crippen molar-refractivity contribution >= 4 is 12.0 Å². The zero-order valence-electron chi connectivity index (χ0n) is 9.82. The van der Waals surface area contributed by atoms with E-state index >= 15 is 0 Å². The van der Waals surface area contributed by atoms with E-state index in [9.17, 15) is 9.59 Å². The molecule has 4 N–H and O–H groups in total. The first kappa shape index (κ1) is 12.2. The molecule has 1 saturated heterocycles. The number of likely N-dealkylation sites (tertiary alicyclic amines) is 1. The van der Waals surface area contributed by atoms with Crippen molar-refractivity contribution < 1.29 is 14.7 Å². The van der Waals surface area contributed by atoms with Gasteiger partial charge in [-0.2, -0.15) is 0 Å². The molecule has 1 unspecified atom stereocenters. The lowest BCUT2D eigenvalue weighted by Gasteiger charge is -2.40. The summed E-state index contributed by atoms with van der Waals surface area (Å²) in [4.78, 5) is 24.7. The van der Waals surface area contributed by atoms with Crippen LogP contribution in [-0.2, 0) is 4.79 Å². The highest BCUT2D eigenvalue weighted by molar-refractivity contribution is 5.87. The number of carbonyl (C=O) groups is 2. The number of hydrogen-bond acceptors (Lipinski definition) is 3. The number of piperidine rings is 1. The summed E-state index contributed by atoms with van der Waals surface area (Å²) >= 11 is 0. The number of aliphatic carboxylic acids is 1. The van der Waals surface area contributed by atoms with Gasteiger partial charge in [-0.3, -0.25) is 0 Å². The van der Waals surface area contributed by atoms with Gasteiger partial charge in [0.15, 0.2) is 0 Å². The minimum atomic E-state index is -1.03. The number of nitrogens with one attached hydrogen (secondary N) is 1. The molecule has 2 aliphatic rings. The molecule has 0 aromatic carbocycles. The fourth-order valence-electron chi connectivity index (χ4n) is 2.40.